The number of thiocarbonyl (C=S) groups is 1. The minimum Gasteiger partial charge on any atom is -0.484 e. The van der Waals surface area contributed by atoms with Crippen LogP contribution in [0.5, 0.6) is 5.75 Å². The molecule has 0 unspecified atom stereocenters. The maximum atomic E-state index is 13.0. The molecule has 0 bridgehead atoms. The zero-order valence-corrected chi connectivity index (χ0v) is 18.5. The number of ether oxygens (including phenoxy) is 1. The molecule has 7 nitrogen and oxygen atoms in total. The highest BCUT2D eigenvalue weighted by Crippen LogP contribution is 2.22. The van der Waals surface area contributed by atoms with E-state index in [4.69, 9.17) is 17.0 Å². The summed E-state index contributed by atoms with van der Waals surface area (Å²) in [4.78, 5) is 38.7. The zero-order valence-electron chi connectivity index (χ0n) is 17.7. The van der Waals surface area contributed by atoms with Gasteiger partial charge in [0.15, 0.2) is 11.7 Å². The van der Waals surface area contributed by atoms with Gasteiger partial charge in [-0.1, -0.05) is 30.3 Å². The van der Waals surface area contributed by atoms with Crippen LogP contribution >= 0.6 is 12.2 Å². The Morgan fingerprint density at radius 1 is 1.00 bits per heavy atom. The van der Waals surface area contributed by atoms with Gasteiger partial charge in [-0.05, 0) is 72.4 Å². The number of halogens is 1. The molecule has 1 saturated heterocycles. The molecule has 0 radical (unpaired) electrons. The van der Waals surface area contributed by atoms with E-state index in [0.29, 0.717) is 22.7 Å². The van der Waals surface area contributed by atoms with Crippen LogP contribution in [0, 0.1) is 5.82 Å². The average molecular weight is 476 g/mol. The molecule has 1 aliphatic heterocycles. The summed E-state index contributed by atoms with van der Waals surface area (Å²) >= 11 is 5.17. The SMILES string of the molecule is O=C(COc1ccc(C=C2C(=O)NC(=S)N(c3ccccc3)C2=O)cc1)Nc1ccc(F)cc1. The smallest absolute Gasteiger partial charge is 0.270 e. The molecule has 0 aromatic heterocycles. The first kappa shape index (κ1) is 22.8. The number of nitrogens with one attached hydrogen (secondary N) is 2. The van der Waals surface area contributed by atoms with Gasteiger partial charge in [0.1, 0.15) is 17.1 Å². The Bertz CT molecular complexity index is 1280. The van der Waals surface area contributed by atoms with E-state index in [1.165, 1.54) is 35.2 Å². The van der Waals surface area contributed by atoms with Gasteiger partial charge in [0.25, 0.3) is 17.7 Å². The van der Waals surface area contributed by atoms with Crippen molar-refractivity contribution in [2.45, 2.75) is 0 Å². The number of anilines is 2. The molecule has 0 spiro atoms. The van der Waals surface area contributed by atoms with E-state index in [2.05, 4.69) is 10.6 Å². The maximum absolute atomic E-state index is 13.0. The third-order valence-corrected chi connectivity index (χ3v) is 5.09. The van der Waals surface area contributed by atoms with E-state index in [-0.39, 0.29) is 17.3 Å². The first-order valence-electron chi connectivity index (χ1n) is 10.2. The van der Waals surface area contributed by atoms with Crippen LogP contribution in [0.1, 0.15) is 5.56 Å². The van der Waals surface area contributed by atoms with Gasteiger partial charge >= 0.3 is 0 Å². The molecule has 0 aliphatic carbocycles. The lowest BCUT2D eigenvalue weighted by molar-refractivity contribution is -0.122. The summed E-state index contributed by atoms with van der Waals surface area (Å²) in [6, 6.07) is 20.7. The van der Waals surface area contributed by atoms with Crippen LogP contribution in [0.3, 0.4) is 0 Å². The first-order chi connectivity index (χ1) is 16.4. The van der Waals surface area contributed by atoms with Crippen LogP contribution in [0.2, 0.25) is 0 Å². The predicted molar refractivity (Wildman–Crippen MR) is 130 cm³/mol. The lowest BCUT2D eigenvalue weighted by Gasteiger charge is -2.28. The largest absolute Gasteiger partial charge is 0.484 e. The van der Waals surface area contributed by atoms with Crippen molar-refractivity contribution in [3.63, 3.8) is 0 Å². The molecular weight excluding hydrogens is 457 g/mol. The second kappa shape index (κ2) is 10.1. The Hall–Kier alpha value is -4.37. The van der Waals surface area contributed by atoms with Crippen molar-refractivity contribution in [2.24, 2.45) is 0 Å². The van der Waals surface area contributed by atoms with E-state index in [9.17, 15) is 18.8 Å². The minimum atomic E-state index is -0.583. The summed E-state index contributed by atoms with van der Waals surface area (Å²) in [5.74, 6) is -1.49. The molecule has 1 heterocycles. The Labute approximate surface area is 199 Å². The highest BCUT2D eigenvalue weighted by molar-refractivity contribution is 7.80. The highest BCUT2D eigenvalue weighted by atomic mass is 32.1. The second-order valence-corrected chi connectivity index (χ2v) is 7.59. The van der Waals surface area contributed by atoms with Crippen LogP contribution in [-0.2, 0) is 14.4 Å². The van der Waals surface area contributed by atoms with E-state index in [0.717, 1.165) is 0 Å². The van der Waals surface area contributed by atoms with Crippen molar-refractivity contribution in [1.82, 2.24) is 5.32 Å². The van der Waals surface area contributed by atoms with Crippen molar-refractivity contribution in [1.29, 1.82) is 0 Å². The summed E-state index contributed by atoms with van der Waals surface area (Å²) in [6.45, 7) is -0.248. The van der Waals surface area contributed by atoms with Crippen LogP contribution in [0.4, 0.5) is 15.8 Å². The fourth-order valence-electron chi connectivity index (χ4n) is 3.18. The number of para-hydroxylation sites is 1. The molecule has 0 saturated carbocycles. The zero-order chi connectivity index (χ0) is 24.1. The lowest BCUT2D eigenvalue weighted by atomic mass is 10.1. The number of hydrogen-bond donors (Lipinski definition) is 2. The second-order valence-electron chi connectivity index (χ2n) is 7.21. The van der Waals surface area contributed by atoms with Crippen LogP contribution in [-0.4, -0.2) is 29.4 Å². The summed E-state index contributed by atoms with van der Waals surface area (Å²) in [7, 11) is 0. The number of carbonyl (C=O) groups excluding carboxylic acids is 3. The third kappa shape index (κ3) is 5.33. The van der Waals surface area contributed by atoms with E-state index < -0.39 is 23.5 Å². The lowest BCUT2D eigenvalue weighted by Crippen LogP contribution is -2.54. The molecule has 1 fully saturated rings. The third-order valence-electron chi connectivity index (χ3n) is 4.81. The molecule has 3 aromatic rings. The van der Waals surface area contributed by atoms with E-state index >= 15 is 0 Å². The molecule has 34 heavy (non-hydrogen) atoms. The summed E-state index contributed by atoms with van der Waals surface area (Å²) in [5.41, 5.74) is 1.52. The van der Waals surface area contributed by atoms with Gasteiger partial charge in [-0.15, -0.1) is 0 Å². The Morgan fingerprint density at radius 3 is 2.35 bits per heavy atom. The number of nitrogens with zero attached hydrogens (tertiary/aromatic N) is 1. The van der Waals surface area contributed by atoms with Gasteiger partial charge in [-0.2, -0.15) is 0 Å². The maximum Gasteiger partial charge on any atom is 0.270 e. The topological polar surface area (TPSA) is 87.7 Å². The number of rotatable bonds is 6. The number of benzene rings is 3. The van der Waals surface area contributed by atoms with Crippen molar-refractivity contribution >= 4 is 52.5 Å². The summed E-state index contributed by atoms with van der Waals surface area (Å²) in [6.07, 6.45) is 1.46. The van der Waals surface area contributed by atoms with Gasteiger partial charge in [-0.25, -0.2) is 4.39 Å². The molecule has 170 valence electrons. The molecule has 9 heteroatoms. The van der Waals surface area contributed by atoms with E-state index in [1.807, 2.05) is 6.07 Å². The monoisotopic (exact) mass is 475 g/mol. The minimum absolute atomic E-state index is 0.0148. The van der Waals surface area contributed by atoms with Gasteiger partial charge in [0, 0.05) is 5.69 Å². The van der Waals surface area contributed by atoms with Gasteiger partial charge < -0.3 is 10.1 Å². The molecular formula is C25H18FN3O4S. The predicted octanol–water partition coefficient (Wildman–Crippen LogP) is 3.67. The number of hydrogen-bond acceptors (Lipinski definition) is 5. The normalized spacial score (nSPS) is 14.7. The number of amides is 3. The van der Waals surface area contributed by atoms with Crippen LogP contribution < -0.4 is 20.3 Å². The van der Waals surface area contributed by atoms with Crippen LogP contribution in [0.15, 0.2) is 84.4 Å². The molecule has 3 aromatic carbocycles. The van der Waals surface area contributed by atoms with Gasteiger partial charge in [-0.3, -0.25) is 24.6 Å². The Balaban J connectivity index is 1.41. The standard InChI is InChI=1S/C25H18FN3O4S/c26-17-8-10-18(11-9-17)27-22(30)15-33-20-12-6-16(7-13-20)14-21-23(31)28-25(34)29(24(21)32)19-4-2-1-3-5-19/h1-14H,15H2,(H,27,30)(H,28,31,34). The Morgan fingerprint density at radius 2 is 1.68 bits per heavy atom. The van der Waals surface area contributed by atoms with Crippen LogP contribution in [0.25, 0.3) is 6.08 Å². The molecule has 0 atom stereocenters. The molecule has 3 amide bonds. The van der Waals surface area contributed by atoms with Gasteiger partial charge in [0.2, 0.25) is 0 Å². The molecule has 1 aliphatic rings. The number of carbonyl (C=O) groups is 3. The van der Waals surface area contributed by atoms with Crippen molar-refractivity contribution in [3.8, 4) is 5.75 Å². The van der Waals surface area contributed by atoms with Gasteiger partial charge in [0.05, 0.1) is 5.69 Å². The van der Waals surface area contributed by atoms with E-state index in [1.54, 1.807) is 48.5 Å². The Kier molecular flexibility index (Phi) is 6.74. The molecule has 4 rings (SSSR count). The first-order valence-corrected chi connectivity index (χ1v) is 10.6. The highest BCUT2D eigenvalue weighted by Gasteiger charge is 2.34. The van der Waals surface area contributed by atoms with Crippen molar-refractivity contribution in [2.75, 3.05) is 16.8 Å². The quantitative estimate of drug-likeness (QED) is 0.323. The average Bonchev–Trinajstić information content (AvgIpc) is 2.83. The fraction of sp³-hybridized carbons (Fsp3) is 0.0400. The van der Waals surface area contributed by atoms with Crippen molar-refractivity contribution in [3.05, 3.63) is 95.8 Å². The summed E-state index contributed by atoms with van der Waals surface area (Å²) in [5, 5.41) is 5.15. The molecule has 2 N–H and O–H groups in total. The summed E-state index contributed by atoms with van der Waals surface area (Å²) < 4.78 is 18.4. The fourth-order valence-corrected chi connectivity index (χ4v) is 3.46. The van der Waals surface area contributed by atoms with Crippen molar-refractivity contribution < 1.29 is 23.5 Å².